The van der Waals surface area contributed by atoms with Crippen LogP contribution in [0.2, 0.25) is 0 Å². The smallest absolute Gasteiger partial charge is 0.220 e. The van der Waals surface area contributed by atoms with E-state index in [4.69, 9.17) is 11.5 Å². The first-order chi connectivity index (χ1) is 9.99. The first kappa shape index (κ1) is 17.7. The zero-order chi connectivity index (χ0) is 15.8. The minimum Gasteiger partial charge on any atom is -0.391 e. The Hall–Kier alpha value is -1.39. The van der Waals surface area contributed by atoms with Crippen LogP contribution < -0.4 is 11.5 Å². The number of amides is 1. The van der Waals surface area contributed by atoms with Crippen LogP contribution in [0.1, 0.15) is 38.7 Å². The molecule has 1 amide bonds. The van der Waals surface area contributed by atoms with E-state index in [1.54, 1.807) is 0 Å². The van der Waals surface area contributed by atoms with Crippen LogP contribution in [0.25, 0.3) is 0 Å². The van der Waals surface area contributed by atoms with E-state index in [2.05, 4.69) is 0 Å². The molecule has 1 rings (SSSR count). The minimum atomic E-state index is -0.719. The van der Waals surface area contributed by atoms with Crippen molar-refractivity contribution in [2.24, 2.45) is 23.3 Å². The first-order valence-electron chi connectivity index (χ1n) is 7.76. The highest BCUT2D eigenvalue weighted by molar-refractivity contribution is 5.77. The third kappa shape index (κ3) is 5.48. The van der Waals surface area contributed by atoms with Gasteiger partial charge in [0.25, 0.3) is 0 Å². The van der Waals surface area contributed by atoms with E-state index < -0.39 is 6.10 Å². The van der Waals surface area contributed by atoms with Crippen molar-refractivity contribution in [3.8, 4) is 0 Å². The molecule has 0 saturated heterocycles. The number of aliphatic hydroxyl groups excluding tert-OH is 1. The van der Waals surface area contributed by atoms with Gasteiger partial charge in [0.2, 0.25) is 5.91 Å². The molecule has 0 spiro atoms. The Bertz CT molecular complexity index is 418. The van der Waals surface area contributed by atoms with Crippen molar-refractivity contribution in [2.45, 2.75) is 51.7 Å². The summed E-state index contributed by atoms with van der Waals surface area (Å²) in [4.78, 5) is 11.6. The SMILES string of the molecule is CCC(CC)[C@@H](C[C@H](O)[C@@H](N)Cc1ccccc1)C(N)=O. The van der Waals surface area contributed by atoms with Gasteiger partial charge in [0, 0.05) is 12.0 Å². The highest BCUT2D eigenvalue weighted by atomic mass is 16.3. The van der Waals surface area contributed by atoms with Gasteiger partial charge in [-0.1, -0.05) is 57.0 Å². The Balaban J connectivity index is 2.64. The van der Waals surface area contributed by atoms with Crippen LogP contribution >= 0.6 is 0 Å². The topological polar surface area (TPSA) is 89.3 Å². The summed E-state index contributed by atoms with van der Waals surface area (Å²) >= 11 is 0. The quantitative estimate of drug-likeness (QED) is 0.649. The van der Waals surface area contributed by atoms with Crippen molar-refractivity contribution < 1.29 is 9.90 Å². The Kier molecular flexibility index (Phi) is 7.40. The Morgan fingerprint density at radius 3 is 2.24 bits per heavy atom. The summed E-state index contributed by atoms with van der Waals surface area (Å²) in [5.41, 5.74) is 12.7. The van der Waals surface area contributed by atoms with Crippen LogP contribution in [0.15, 0.2) is 30.3 Å². The van der Waals surface area contributed by atoms with Crippen LogP contribution in [-0.2, 0) is 11.2 Å². The van der Waals surface area contributed by atoms with Crippen LogP contribution in [0, 0.1) is 11.8 Å². The number of primary amides is 1. The average molecular weight is 292 g/mol. The van der Waals surface area contributed by atoms with E-state index in [1.165, 1.54) is 0 Å². The van der Waals surface area contributed by atoms with E-state index in [-0.39, 0.29) is 23.8 Å². The van der Waals surface area contributed by atoms with Gasteiger partial charge in [-0.05, 0) is 24.3 Å². The van der Waals surface area contributed by atoms with Gasteiger partial charge >= 0.3 is 0 Å². The molecule has 21 heavy (non-hydrogen) atoms. The Morgan fingerprint density at radius 2 is 1.76 bits per heavy atom. The molecule has 0 unspecified atom stereocenters. The van der Waals surface area contributed by atoms with Crippen molar-refractivity contribution >= 4 is 5.91 Å². The third-order valence-corrected chi connectivity index (χ3v) is 4.29. The monoisotopic (exact) mass is 292 g/mol. The molecular weight excluding hydrogens is 264 g/mol. The summed E-state index contributed by atoms with van der Waals surface area (Å²) in [6.45, 7) is 4.08. The van der Waals surface area contributed by atoms with E-state index in [1.807, 2.05) is 44.2 Å². The molecule has 0 radical (unpaired) electrons. The second kappa shape index (κ2) is 8.80. The fraction of sp³-hybridized carbons (Fsp3) is 0.588. The maximum Gasteiger partial charge on any atom is 0.220 e. The van der Waals surface area contributed by atoms with Crippen molar-refractivity contribution in [2.75, 3.05) is 0 Å². The lowest BCUT2D eigenvalue weighted by Gasteiger charge is -2.27. The second-order valence-electron chi connectivity index (χ2n) is 5.74. The summed E-state index contributed by atoms with van der Waals surface area (Å²) in [6.07, 6.45) is 1.98. The van der Waals surface area contributed by atoms with Gasteiger partial charge in [0.05, 0.1) is 6.10 Å². The minimum absolute atomic E-state index is 0.209. The van der Waals surface area contributed by atoms with Gasteiger partial charge in [-0.15, -0.1) is 0 Å². The van der Waals surface area contributed by atoms with Gasteiger partial charge in [0.1, 0.15) is 0 Å². The van der Waals surface area contributed by atoms with Crippen LogP contribution in [0.5, 0.6) is 0 Å². The predicted molar refractivity (Wildman–Crippen MR) is 85.5 cm³/mol. The van der Waals surface area contributed by atoms with E-state index >= 15 is 0 Å². The summed E-state index contributed by atoms with van der Waals surface area (Å²) < 4.78 is 0. The largest absolute Gasteiger partial charge is 0.391 e. The fourth-order valence-corrected chi connectivity index (χ4v) is 2.86. The van der Waals surface area contributed by atoms with E-state index in [0.717, 1.165) is 18.4 Å². The van der Waals surface area contributed by atoms with E-state index in [9.17, 15) is 9.90 Å². The fourth-order valence-electron chi connectivity index (χ4n) is 2.86. The molecule has 0 fully saturated rings. The number of hydrogen-bond donors (Lipinski definition) is 3. The lowest BCUT2D eigenvalue weighted by atomic mass is 9.82. The third-order valence-electron chi connectivity index (χ3n) is 4.29. The highest BCUT2D eigenvalue weighted by Gasteiger charge is 2.28. The molecular formula is C17H28N2O2. The summed E-state index contributed by atoms with van der Waals surface area (Å²) in [5, 5.41) is 10.3. The number of carbonyl (C=O) groups is 1. The standard InChI is InChI=1S/C17H28N2O2/c1-3-13(4-2)14(17(19)21)11-16(20)15(18)10-12-8-6-5-7-9-12/h5-9,13-16,20H,3-4,10-11,18H2,1-2H3,(H2,19,21)/t14-,15+,16+/m1/s1. The number of aliphatic hydroxyl groups is 1. The van der Waals surface area contributed by atoms with Gasteiger partial charge in [-0.3, -0.25) is 4.79 Å². The molecule has 0 aliphatic carbocycles. The average Bonchev–Trinajstić information content (AvgIpc) is 2.48. The van der Waals surface area contributed by atoms with Crippen molar-refractivity contribution in [3.63, 3.8) is 0 Å². The predicted octanol–water partition coefficient (Wildman–Crippen LogP) is 1.85. The molecule has 3 atom stereocenters. The molecule has 0 heterocycles. The number of rotatable bonds is 9. The number of benzene rings is 1. The molecule has 4 heteroatoms. The van der Waals surface area contributed by atoms with Crippen LogP contribution in [-0.4, -0.2) is 23.2 Å². The zero-order valence-electron chi connectivity index (χ0n) is 13.0. The molecule has 118 valence electrons. The highest BCUT2D eigenvalue weighted by Crippen LogP contribution is 2.25. The Labute approximate surface area is 127 Å². The molecule has 1 aromatic carbocycles. The lowest BCUT2D eigenvalue weighted by Crippen LogP contribution is -2.41. The molecule has 0 saturated carbocycles. The maximum atomic E-state index is 11.6. The summed E-state index contributed by atoms with van der Waals surface area (Å²) in [7, 11) is 0. The molecule has 1 aromatic rings. The normalized spacial score (nSPS) is 15.7. The number of nitrogens with two attached hydrogens (primary N) is 2. The zero-order valence-corrected chi connectivity index (χ0v) is 13.0. The maximum absolute atomic E-state index is 11.6. The van der Waals surface area contributed by atoms with Gasteiger partial charge in [-0.2, -0.15) is 0 Å². The van der Waals surface area contributed by atoms with E-state index in [0.29, 0.717) is 12.8 Å². The molecule has 0 bridgehead atoms. The lowest BCUT2D eigenvalue weighted by molar-refractivity contribution is -0.125. The molecule has 0 aliphatic heterocycles. The molecule has 0 aliphatic rings. The van der Waals surface area contributed by atoms with Crippen molar-refractivity contribution in [3.05, 3.63) is 35.9 Å². The van der Waals surface area contributed by atoms with Gasteiger partial charge < -0.3 is 16.6 Å². The van der Waals surface area contributed by atoms with Crippen molar-refractivity contribution in [1.29, 1.82) is 0 Å². The van der Waals surface area contributed by atoms with Gasteiger partial charge in [-0.25, -0.2) is 0 Å². The molecule has 0 aromatic heterocycles. The number of carbonyl (C=O) groups excluding carboxylic acids is 1. The number of hydrogen-bond acceptors (Lipinski definition) is 3. The summed E-state index contributed by atoms with van der Waals surface area (Å²) in [6, 6.07) is 9.43. The second-order valence-corrected chi connectivity index (χ2v) is 5.74. The summed E-state index contributed by atoms with van der Waals surface area (Å²) in [5.74, 6) is -0.437. The Morgan fingerprint density at radius 1 is 1.19 bits per heavy atom. The first-order valence-corrected chi connectivity index (χ1v) is 7.76. The molecule has 4 nitrogen and oxygen atoms in total. The van der Waals surface area contributed by atoms with Gasteiger partial charge in [0.15, 0.2) is 0 Å². The molecule has 5 N–H and O–H groups in total. The van der Waals surface area contributed by atoms with Crippen LogP contribution in [0.4, 0.5) is 0 Å². The van der Waals surface area contributed by atoms with Crippen LogP contribution in [0.3, 0.4) is 0 Å². The van der Waals surface area contributed by atoms with Crippen molar-refractivity contribution in [1.82, 2.24) is 0 Å².